The first kappa shape index (κ1) is 22.1. The molecule has 3 rings (SSSR count). The maximum atomic E-state index is 14.4. The van der Waals surface area contributed by atoms with Gasteiger partial charge in [0, 0.05) is 33.7 Å². The lowest BCUT2D eigenvalue weighted by molar-refractivity contribution is 0.104. The van der Waals surface area contributed by atoms with Gasteiger partial charge in [-0.1, -0.05) is 48.0 Å². The summed E-state index contributed by atoms with van der Waals surface area (Å²) in [5.74, 6) is -0.0114. The van der Waals surface area contributed by atoms with Gasteiger partial charge < -0.3 is 9.47 Å². The number of hydrogen-bond donors (Lipinski definition) is 0. The van der Waals surface area contributed by atoms with E-state index in [2.05, 4.69) is 0 Å². The smallest absolute Gasteiger partial charge is 0.203 e. The number of allylic oxidation sites excluding steroid dienone is 1. The highest BCUT2D eigenvalue weighted by Gasteiger charge is 2.20. The van der Waals surface area contributed by atoms with Gasteiger partial charge in [0.2, 0.25) is 5.78 Å². The van der Waals surface area contributed by atoms with Crippen molar-refractivity contribution in [2.45, 2.75) is 6.42 Å². The summed E-state index contributed by atoms with van der Waals surface area (Å²) in [5.41, 5.74) is 1.69. The van der Waals surface area contributed by atoms with E-state index in [1.807, 2.05) is 6.07 Å². The Labute approximate surface area is 185 Å². The minimum absolute atomic E-state index is 0.0514. The normalized spacial score (nSPS) is 11.0. The highest BCUT2D eigenvalue weighted by Crippen LogP contribution is 2.37. The minimum atomic E-state index is -0.450. The summed E-state index contributed by atoms with van der Waals surface area (Å²) in [6.07, 6.45) is 1.56. The monoisotopic (exact) mass is 435 g/mol. The molecule has 3 aromatic rings. The molecule has 0 atom stereocenters. The fraction of sp³-hybridized carbons (Fsp3) is 0.120. The minimum Gasteiger partial charge on any atom is -0.496 e. The Bertz CT molecular complexity index is 1160. The number of carbonyl (C=O) groups excluding carboxylic acids is 1. The van der Waals surface area contributed by atoms with Crippen LogP contribution in [-0.2, 0) is 6.42 Å². The first-order valence-corrected chi connectivity index (χ1v) is 9.76. The van der Waals surface area contributed by atoms with Crippen LogP contribution in [0.3, 0.4) is 0 Å². The second kappa shape index (κ2) is 9.92. The van der Waals surface area contributed by atoms with Gasteiger partial charge in [0.25, 0.3) is 0 Å². The van der Waals surface area contributed by atoms with Crippen molar-refractivity contribution in [3.8, 4) is 17.6 Å². The Balaban J connectivity index is 2.12. The fourth-order valence-electron chi connectivity index (χ4n) is 3.27. The van der Waals surface area contributed by atoms with Gasteiger partial charge in [-0.2, -0.15) is 5.26 Å². The summed E-state index contributed by atoms with van der Waals surface area (Å²) in [4.78, 5) is 12.7. The molecule has 0 aliphatic heterocycles. The van der Waals surface area contributed by atoms with Gasteiger partial charge in [-0.25, -0.2) is 4.39 Å². The van der Waals surface area contributed by atoms with Crippen molar-refractivity contribution in [3.05, 3.63) is 99.3 Å². The first-order valence-electron chi connectivity index (χ1n) is 9.38. The highest BCUT2D eigenvalue weighted by molar-refractivity contribution is 6.31. The van der Waals surface area contributed by atoms with E-state index in [1.165, 1.54) is 32.4 Å². The van der Waals surface area contributed by atoms with Crippen LogP contribution in [0.2, 0.25) is 5.02 Å². The molecule has 156 valence electrons. The number of rotatable bonds is 7. The van der Waals surface area contributed by atoms with Gasteiger partial charge in [-0.05, 0) is 30.3 Å². The summed E-state index contributed by atoms with van der Waals surface area (Å²) in [6.45, 7) is 0. The zero-order chi connectivity index (χ0) is 22.4. The zero-order valence-corrected chi connectivity index (χ0v) is 17.7. The molecule has 3 aromatic carbocycles. The fourth-order valence-corrected chi connectivity index (χ4v) is 3.50. The van der Waals surface area contributed by atoms with E-state index < -0.39 is 11.6 Å². The number of methoxy groups -OCH3 is 2. The van der Waals surface area contributed by atoms with Gasteiger partial charge in [-0.15, -0.1) is 0 Å². The van der Waals surface area contributed by atoms with Crippen molar-refractivity contribution in [2.75, 3.05) is 14.2 Å². The topological polar surface area (TPSA) is 59.3 Å². The maximum absolute atomic E-state index is 14.4. The number of Topliss-reactive ketones (excluding diaryl/α,β-unsaturated/α-hetero) is 1. The van der Waals surface area contributed by atoms with E-state index in [-0.39, 0.29) is 17.0 Å². The van der Waals surface area contributed by atoms with Crippen LogP contribution in [0.5, 0.6) is 11.5 Å². The lowest BCUT2D eigenvalue weighted by Crippen LogP contribution is -2.04. The van der Waals surface area contributed by atoms with Gasteiger partial charge in [0.15, 0.2) is 0 Å². The molecule has 0 heterocycles. The Hall–Kier alpha value is -3.62. The van der Waals surface area contributed by atoms with Crippen molar-refractivity contribution in [2.24, 2.45) is 0 Å². The molecular weight excluding hydrogens is 417 g/mol. The third-order valence-corrected chi connectivity index (χ3v) is 5.14. The largest absolute Gasteiger partial charge is 0.496 e. The summed E-state index contributed by atoms with van der Waals surface area (Å²) in [5, 5.41) is 9.87. The van der Waals surface area contributed by atoms with Gasteiger partial charge in [-0.3, -0.25) is 4.79 Å². The summed E-state index contributed by atoms with van der Waals surface area (Å²) >= 11 is 6.21. The molecule has 0 unspecified atom stereocenters. The molecule has 0 aliphatic rings. The van der Waals surface area contributed by atoms with Crippen LogP contribution >= 0.6 is 11.6 Å². The number of benzene rings is 3. The molecule has 0 radical (unpaired) electrons. The lowest BCUT2D eigenvalue weighted by atomic mass is 9.97. The summed E-state index contributed by atoms with van der Waals surface area (Å²) < 4.78 is 25.4. The predicted molar refractivity (Wildman–Crippen MR) is 118 cm³/mol. The summed E-state index contributed by atoms with van der Waals surface area (Å²) in [7, 11) is 2.96. The van der Waals surface area contributed by atoms with Crippen LogP contribution in [-0.4, -0.2) is 20.0 Å². The van der Waals surface area contributed by atoms with Crippen molar-refractivity contribution in [1.82, 2.24) is 0 Å². The number of nitrogens with zero attached hydrogens (tertiary/aromatic N) is 1. The van der Waals surface area contributed by atoms with Crippen molar-refractivity contribution in [1.29, 1.82) is 5.26 Å². The molecule has 0 saturated carbocycles. The number of nitriles is 1. The third kappa shape index (κ3) is 4.76. The molecule has 0 N–H and O–H groups in total. The molecule has 0 bridgehead atoms. The molecule has 0 aromatic heterocycles. The van der Waals surface area contributed by atoms with Crippen LogP contribution in [0.1, 0.15) is 27.0 Å². The molecule has 0 saturated heterocycles. The standard InChI is InChI=1S/C25H19ClFNO3/c1-30-23-12-11-17(13-18(15-28)24(29)16-7-4-3-5-8-16)25(31-2)20(23)14-19-21(26)9-6-10-22(19)27/h3-13H,14H2,1-2H3/b18-13+. The Morgan fingerprint density at radius 1 is 1.03 bits per heavy atom. The molecule has 0 amide bonds. The average molecular weight is 436 g/mol. The number of ketones is 1. The highest BCUT2D eigenvalue weighted by atomic mass is 35.5. The Kier molecular flexibility index (Phi) is 7.07. The van der Waals surface area contributed by atoms with E-state index in [1.54, 1.807) is 48.5 Å². The molecule has 0 aliphatic carbocycles. The van der Waals surface area contributed by atoms with Crippen LogP contribution in [0.25, 0.3) is 6.08 Å². The zero-order valence-electron chi connectivity index (χ0n) is 17.0. The van der Waals surface area contributed by atoms with Gasteiger partial charge in [0.1, 0.15) is 29.0 Å². The van der Waals surface area contributed by atoms with E-state index in [0.717, 1.165) is 0 Å². The molecule has 0 spiro atoms. The van der Waals surface area contributed by atoms with Gasteiger partial charge in [0.05, 0.1) is 14.2 Å². The molecule has 31 heavy (non-hydrogen) atoms. The average Bonchev–Trinajstić information content (AvgIpc) is 2.80. The lowest BCUT2D eigenvalue weighted by Gasteiger charge is -2.17. The van der Waals surface area contributed by atoms with Crippen molar-refractivity contribution in [3.63, 3.8) is 0 Å². The molecule has 6 heteroatoms. The number of ether oxygens (including phenoxy) is 2. The first-order chi connectivity index (χ1) is 15.0. The van der Waals surface area contributed by atoms with Crippen LogP contribution in [0.4, 0.5) is 4.39 Å². The van der Waals surface area contributed by atoms with Crippen LogP contribution in [0.15, 0.2) is 66.2 Å². The van der Waals surface area contributed by atoms with Crippen molar-refractivity contribution >= 4 is 23.5 Å². The maximum Gasteiger partial charge on any atom is 0.203 e. The molecule has 4 nitrogen and oxygen atoms in total. The van der Waals surface area contributed by atoms with E-state index in [0.29, 0.717) is 33.8 Å². The van der Waals surface area contributed by atoms with Gasteiger partial charge >= 0.3 is 0 Å². The molecular formula is C25H19ClFNO3. The second-order valence-corrected chi connectivity index (χ2v) is 7.02. The number of halogens is 2. The van der Waals surface area contributed by atoms with Crippen LogP contribution < -0.4 is 9.47 Å². The van der Waals surface area contributed by atoms with E-state index >= 15 is 0 Å². The van der Waals surface area contributed by atoms with E-state index in [9.17, 15) is 14.4 Å². The third-order valence-electron chi connectivity index (χ3n) is 4.79. The second-order valence-electron chi connectivity index (χ2n) is 6.61. The van der Waals surface area contributed by atoms with Crippen LogP contribution in [0, 0.1) is 17.1 Å². The van der Waals surface area contributed by atoms with Crippen molar-refractivity contribution < 1.29 is 18.7 Å². The number of hydrogen-bond acceptors (Lipinski definition) is 4. The predicted octanol–water partition coefficient (Wildman–Crippen LogP) is 5.88. The van der Waals surface area contributed by atoms with E-state index in [4.69, 9.17) is 21.1 Å². The Morgan fingerprint density at radius 3 is 2.39 bits per heavy atom. The number of carbonyl (C=O) groups is 1. The summed E-state index contributed by atoms with van der Waals surface area (Å²) in [6, 6.07) is 18.3. The molecule has 0 fully saturated rings. The quantitative estimate of drug-likeness (QED) is 0.264. The Morgan fingerprint density at radius 2 is 1.77 bits per heavy atom. The SMILES string of the molecule is COc1ccc(/C=C(\C#N)C(=O)c2ccccc2)c(OC)c1Cc1c(F)cccc1Cl.